The Balaban J connectivity index is -0.000000101. The zero-order valence-electron chi connectivity index (χ0n) is 7.41. The highest BCUT2D eigenvalue weighted by Gasteiger charge is 1.62. The summed E-state index contributed by atoms with van der Waals surface area (Å²) >= 11 is 0. The maximum absolute atomic E-state index is 9.22. The van der Waals surface area contributed by atoms with Gasteiger partial charge < -0.3 is 22.3 Å². The Bertz CT molecular complexity index is 94.6. The lowest BCUT2D eigenvalue weighted by atomic mass is 10.8. The predicted octanol–water partition coefficient (Wildman–Crippen LogP) is -2.08. The number of hydrogen-bond acceptors (Lipinski definition) is 4. The Morgan fingerprint density at radius 2 is 1.25 bits per heavy atom. The van der Waals surface area contributed by atoms with E-state index in [0.29, 0.717) is 6.54 Å². The zero-order valence-corrected chi connectivity index (χ0v) is 7.41. The fourth-order valence-corrected chi connectivity index (χ4v) is 0. The van der Waals surface area contributed by atoms with Crippen LogP contribution in [-0.4, -0.2) is 30.1 Å². The van der Waals surface area contributed by atoms with Crippen molar-refractivity contribution >= 4 is 11.8 Å². The molecule has 0 radical (unpaired) electrons. The summed E-state index contributed by atoms with van der Waals surface area (Å²) in [6.07, 6.45) is 0. The molecule has 2 amide bonds. The summed E-state index contributed by atoms with van der Waals surface area (Å²) in [5.74, 6) is -0.667. The van der Waals surface area contributed by atoms with Crippen molar-refractivity contribution in [2.45, 2.75) is 13.8 Å². The average Bonchev–Trinajstić information content (AvgIpc) is 1.85. The molecule has 7 N–H and O–H groups in total. The third kappa shape index (κ3) is 27900. The van der Waals surface area contributed by atoms with Crippen LogP contribution in [0, 0.1) is 0 Å². The fourth-order valence-electron chi connectivity index (χ4n) is 0. The maximum Gasteiger partial charge on any atom is 0.214 e. The minimum atomic E-state index is -0.333. The first-order chi connectivity index (χ1) is 5.38. The van der Waals surface area contributed by atoms with E-state index in [4.69, 9.17) is 10.8 Å². The summed E-state index contributed by atoms with van der Waals surface area (Å²) in [4.78, 5) is 18.4. The van der Waals surface area contributed by atoms with Crippen LogP contribution < -0.4 is 17.2 Å². The van der Waals surface area contributed by atoms with Crippen molar-refractivity contribution in [3.8, 4) is 0 Å². The smallest absolute Gasteiger partial charge is 0.214 e. The highest BCUT2D eigenvalue weighted by Crippen LogP contribution is 1.34. The molecular weight excluding hydrogens is 162 g/mol. The monoisotopic (exact) mass is 179 g/mol. The average molecular weight is 179 g/mol. The Kier molecular flexibility index (Phi) is 23.4. The van der Waals surface area contributed by atoms with E-state index >= 15 is 0 Å². The SMILES string of the molecule is CC(N)=O.CC(N)=O.NCCO. The molecular formula is C6H17N3O3. The normalized spacial score (nSPS) is 6.67. The van der Waals surface area contributed by atoms with Crippen LogP contribution in [0.1, 0.15) is 13.8 Å². The first-order valence-corrected chi connectivity index (χ1v) is 3.21. The summed E-state index contributed by atoms with van der Waals surface area (Å²) in [5.41, 5.74) is 13.7. The van der Waals surface area contributed by atoms with Crippen molar-refractivity contribution in [1.82, 2.24) is 0 Å². The van der Waals surface area contributed by atoms with Gasteiger partial charge in [-0.05, 0) is 0 Å². The molecule has 0 spiro atoms. The summed E-state index contributed by atoms with van der Waals surface area (Å²) in [5, 5.41) is 7.75. The van der Waals surface area contributed by atoms with Crippen LogP contribution in [0.3, 0.4) is 0 Å². The van der Waals surface area contributed by atoms with Gasteiger partial charge in [-0.3, -0.25) is 9.59 Å². The largest absolute Gasteiger partial charge is 0.395 e. The number of aliphatic hydroxyl groups excluding tert-OH is 1. The van der Waals surface area contributed by atoms with Gasteiger partial charge in [0.05, 0.1) is 6.61 Å². The van der Waals surface area contributed by atoms with Crippen molar-refractivity contribution in [3.05, 3.63) is 0 Å². The van der Waals surface area contributed by atoms with E-state index in [9.17, 15) is 9.59 Å². The van der Waals surface area contributed by atoms with Crippen molar-refractivity contribution in [2.24, 2.45) is 17.2 Å². The van der Waals surface area contributed by atoms with Gasteiger partial charge in [-0.2, -0.15) is 0 Å². The van der Waals surface area contributed by atoms with Gasteiger partial charge in [0.15, 0.2) is 0 Å². The molecule has 0 aliphatic rings. The van der Waals surface area contributed by atoms with Crippen molar-refractivity contribution in [2.75, 3.05) is 13.2 Å². The number of hydrogen-bond donors (Lipinski definition) is 4. The Morgan fingerprint density at radius 1 is 1.17 bits per heavy atom. The highest BCUT2D eigenvalue weighted by atomic mass is 16.3. The summed E-state index contributed by atoms with van der Waals surface area (Å²) in [7, 11) is 0. The lowest BCUT2D eigenvalue weighted by Gasteiger charge is -1.71. The maximum atomic E-state index is 9.22. The van der Waals surface area contributed by atoms with E-state index < -0.39 is 0 Å². The molecule has 0 rings (SSSR count). The number of nitrogens with two attached hydrogens (primary N) is 3. The highest BCUT2D eigenvalue weighted by molar-refractivity contribution is 5.70. The quantitative estimate of drug-likeness (QED) is 0.367. The topological polar surface area (TPSA) is 132 Å². The number of primary amides is 2. The van der Waals surface area contributed by atoms with Crippen molar-refractivity contribution in [3.63, 3.8) is 0 Å². The van der Waals surface area contributed by atoms with Gasteiger partial charge in [-0.1, -0.05) is 0 Å². The van der Waals surface area contributed by atoms with Gasteiger partial charge in [0.25, 0.3) is 0 Å². The van der Waals surface area contributed by atoms with Crippen LogP contribution in [0.15, 0.2) is 0 Å². The number of carbonyl (C=O) groups excluding carboxylic acids is 2. The van der Waals surface area contributed by atoms with Crippen molar-refractivity contribution in [1.29, 1.82) is 0 Å². The van der Waals surface area contributed by atoms with Gasteiger partial charge >= 0.3 is 0 Å². The standard InChI is InChI=1S/2C2H5NO.C2H7NO/c2*1-2(3)4;3-1-2-4/h2*1H3,(H2,3,4);4H,1-3H2. The van der Waals surface area contributed by atoms with E-state index in [1.165, 1.54) is 13.8 Å². The van der Waals surface area contributed by atoms with Gasteiger partial charge in [0, 0.05) is 20.4 Å². The summed E-state index contributed by atoms with van der Waals surface area (Å²) in [6, 6.07) is 0. The third-order valence-corrected chi connectivity index (χ3v) is 0.129. The molecule has 0 aliphatic heterocycles. The number of amides is 2. The molecule has 6 nitrogen and oxygen atoms in total. The number of aliphatic hydroxyl groups is 1. The fraction of sp³-hybridized carbons (Fsp3) is 0.667. The minimum absolute atomic E-state index is 0.0972. The molecule has 6 heteroatoms. The van der Waals surface area contributed by atoms with E-state index in [2.05, 4.69) is 11.5 Å². The molecule has 0 heterocycles. The second-order valence-corrected chi connectivity index (χ2v) is 1.73. The Hall–Kier alpha value is -1.14. The second-order valence-electron chi connectivity index (χ2n) is 1.73. The van der Waals surface area contributed by atoms with Crippen LogP contribution in [-0.2, 0) is 9.59 Å². The van der Waals surface area contributed by atoms with Gasteiger partial charge in [-0.25, -0.2) is 0 Å². The van der Waals surface area contributed by atoms with Gasteiger partial charge in [0.1, 0.15) is 0 Å². The Labute approximate surface area is 71.7 Å². The first-order valence-electron chi connectivity index (χ1n) is 3.21. The molecule has 0 atom stereocenters. The predicted molar refractivity (Wildman–Crippen MR) is 45.9 cm³/mol. The molecule has 0 aliphatic carbocycles. The molecule has 0 bridgehead atoms. The third-order valence-electron chi connectivity index (χ3n) is 0.129. The summed E-state index contributed by atoms with van der Waals surface area (Å²) < 4.78 is 0. The van der Waals surface area contributed by atoms with Crippen LogP contribution in [0.2, 0.25) is 0 Å². The van der Waals surface area contributed by atoms with Crippen LogP contribution in [0.5, 0.6) is 0 Å². The van der Waals surface area contributed by atoms with Gasteiger partial charge in [-0.15, -0.1) is 0 Å². The van der Waals surface area contributed by atoms with Crippen LogP contribution >= 0.6 is 0 Å². The van der Waals surface area contributed by atoms with E-state index in [0.717, 1.165) is 0 Å². The molecule has 0 aromatic carbocycles. The molecule has 12 heavy (non-hydrogen) atoms. The molecule has 0 fully saturated rings. The number of carbonyl (C=O) groups is 2. The molecule has 0 unspecified atom stereocenters. The molecule has 0 saturated heterocycles. The van der Waals surface area contributed by atoms with E-state index in [1.54, 1.807) is 0 Å². The Morgan fingerprint density at radius 3 is 1.25 bits per heavy atom. The minimum Gasteiger partial charge on any atom is -0.395 e. The van der Waals surface area contributed by atoms with E-state index in [-0.39, 0.29) is 18.4 Å². The first kappa shape index (κ1) is 17.1. The number of rotatable bonds is 1. The van der Waals surface area contributed by atoms with E-state index in [1.807, 2.05) is 0 Å². The van der Waals surface area contributed by atoms with Crippen molar-refractivity contribution < 1.29 is 14.7 Å². The molecule has 0 saturated carbocycles. The van der Waals surface area contributed by atoms with Crippen LogP contribution in [0.4, 0.5) is 0 Å². The molecule has 0 aromatic rings. The summed E-state index contributed by atoms with van der Waals surface area (Å²) in [6.45, 7) is 3.08. The second kappa shape index (κ2) is 16.4. The zero-order chi connectivity index (χ0) is 10.6. The molecule has 0 aromatic heterocycles. The van der Waals surface area contributed by atoms with Gasteiger partial charge in [0.2, 0.25) is 11.8 Å². The van der Waals surface area contributed by atoms with Crippen LogP contribution in [0.25, 0.3) is 0 Å². The lowest BCUT2D eigenvalue weighted by Crippen LogP contribution is -2.02. The lowest BCUT2D eigenvalue weighted by molar-refractivity contribution is -0.116. The molecule has 74 valence electrons.